The molecule has 1 fully saturated rings. The monoisotopic (exact) mass is 264 g/mol. The van der Waals surface area contributed by atoms with Gasteiger partial charge in [-0.3, -0.25) is 4.79 Å². The Bertz CT molecular complexity index is 428. The van der Waals surface area contributed by atoms with Crippen LogP contribution in [0.5, 0.6) is 0 Å². The molecule has 0 unspecified atom stereocenters. The Labute approximate surface area is 113 Å². The maximum atomic E-state index is 13.0. The van der Waals surface area contributed by atoms with Crippen molar-refractivity contribution in [2.24, 2.45) is 5.92 Å². The minimum absolute atomic E-state index is 0.0153. The molecule has 1 amide bonds. The lowest BCUT2D eigenvalue weighted by molar-refractivity contribution is -0.117. The van der Waals surface area contributed by atoms with Crippen LogP contribution in [0.4, 0.5) is 10.1 Å². The highest BCUT2D eigenvalue weighted by atomic mass is 19.1. The first kappa shape index (κ1) is 14.0. The van der Waals surface area contributed by atoms with Gasteiger partial charge < -0.3 is 10.6 Å². The van der Waals surface area contributed by atoms with Gasteiger partial charge in [-0.05, 0) is 56.8 Å². The van der Waals surface area contributed by atoms with Crippen LogP contribution in [0.1, 0.15) is 32.1 Å². The van der Waals surface area contributed by atoms with E-state index in [0.717, 1.165) is 25.7 Å². The molecule has 1 aliphatic carbocycles. The molecule has 1 aromatic rings. The maximum Gasteiger partial charge on any atom is 0.224 e. The lowest BCUT2D eigenvalue weighted by atomic mass is 9.84. The zero-order chi connectivity index (χ0) is 13.7. The number of carbonyl (C=O) groups excluding carboxylic acids is 1. The van der Waals surface area contributed by atoms with Crippen LogP contribution in [-0.4, -0.2) is 19.0 Å². The Kier molecular flexibility index (Phi) is 4.91. The molecular formula is C15H21FN2O. The molecule has 0 atom stereocenters. The molecule has 2 N–H and O–H groups in total. The zero-order valence-electron chi connectivity index (χ0n) is 11.3. The summed E-state index contributed by atoms with van der Waals surface area (Å²) in [6.45, 7) is 0. The number of carbonyl (C=O) groups is 1. The molecular weight excluding hydrogens is 243 g/mol. The number of anilines is 1. The fourth-order valence-corrected chi connectivity index (χ4v) is 2.70. The summed E-state index contributed by atoms with van der Waals surface area (Å²) in [5.74, 6) is 0.115. The van der Waals surface area contributed by atoms with Gasteiger partial charge in [0.05, 0.1) is 0 Å². The summed E-state index contributed by atoms with van der Waals surface area (Å²) >= 11 is 0. The predicted molar refractivity (Wildman–Crippen MR) is 74.5 cm³/mol. The number of amides is 1. The molecule has 0 radical (unpaired) electrons. The van der Waals surface area contributed by atoms with Gasteiger partial charge in [-0.15, -0.1) is 0 Å². The van der Waals surface area contributed by atoms with Crippen molar-refractivity contribution < 1.29 is 9.18 Å². The molecule has 0 aromatic heterocycles. The molecule has 104 valence electrons. The quantitative estimate of drug-likeness (QED) is 0.878. The maximum absolute atomic E-state index is 13.0. The van der Waals surface area contributed by atoms with Gasteiger partial charge in [0, 0.05) is 18.2 Å². The van der Waals surface area contributed by atoms with Gasteiger partial charge in [-0.25, -0.2) is 4.39 Å². The van der Waals surface area contributed by atoms with E-state index in [1.165, 1.54) is 12.1 Å². The number of benzene rings is 1. The van der Waals surface area contributed by atoms with E-state index in [2.05, 4.69) is 10.6 Å². The molecule has 3 nitrogen and oxygen atoms in total. The smallest absolute Gasteiger partial charge is 0.224 e. The van der Waals surface area contributed by atoms with E-state index in [0.29, 0.717) is 24.1 Å². The van der Waals surface area contributed by atoms with Crippen LogP contribution in [0.15, 0.2) is 24.3 Å². The molecule has 1 saturated carbocycles. The normalized spacial score (nSPS) is 23.1. The van der Waals surface area contributed by atoms with Crippen LogP contribution in [0.2, 0.25) is 0 Å². The second-order valence-electron chi connectivity index (χ2n) is 5.27. The number of hydrogen-bond acceptors (Lipinski definition) is 2. The fraction of sp³-hybridized carbons (Fsp3) is 0.533. The largest absolute Gasteiger partial charge is 0.326 e. The van der Waals surface area contributed by atoms with Crippen LogP contribution >= 0.6 is 0 Å². The Hall–Kier alpha value is -1.42. The van der Waals surface area contributed by atoms with Crippen molar-refractivity contribution in [3.8, 4) is 0 Å². The van der Waals surface area contributed by atoms with E-state index in [1.54, 1.807) is 12.1 Å². The summed E-state index contributed by atoms with van der Waals surface area (Å²) in [5, 5.41) is 6.04. The number of nitrogens with one attached hydrogen (secondary N) is 2. The van der Waals surface area contributed by atoms with Crippen molar-refractivity contribution in [3.05, 3.63) is 30.1 Å². The minimum atomic E-state index is -0.327. The van der Waals surface area contributed by atoms with E-state index in [9.17, 15) is 9.18 Å². The standard InChI is InChI=1S/C15H21FN2O/c1-17-13-7-5-11(6-8-13)9-15(19)18-14-4-2-3-12(16)10-14/h2-4,10-11,13,17H,5-9H2,1H3,(H,18,19). The van der Waals surface area contributed by atoms with Gasteiger partial charge in [-0.2, -0.15) is 0 Å². The summed E-state index contributed by atoms with van der Waals surface area (Å²) in [4.78, 5) is 11.9. The third-order valence-electron chi connectivity index (χ3n) is 3.84. The second kappa shape index (κ2) is 6.66. The third-order valence-corrected chi connectivity index (χ3v) is 3.84. The molecule has 0 aliphatic heterocycles. The van der Waals surface area contributed by atoms with Crippen molar-refractivity contribution in [2.75, 3.05) is 12.4 Å². The van der Waals surface area contributed by atoms with Crippen molar-refractivity contribution >= 4 is 11.6 Å². The van der Waals surface area contributed by atoms with Crippen molar-refractivity contribution in [2.45, 2.75) is 38.1 Å². The Morgan fingerprint density at radius 2 is 2.05 bits per heavy atom. The van der Waals surface area contributed by atoms with E-state index in [1.807, 2.05) is 7.05 Å². The first-order chi connectivity index (χ1) is 9.17. The molecule has 4 heteroatoms. The van der Waals surface area contributed by atoms with Crippen LogP contribution < -0.4 is 10.6 Å². The molecule has 0 heterocycles. The van der Waals surface area contributed by atoms with E-state index in [-0.39, 0.29) is 11.7 Å². The number of halogens is 1. The molecule has 0 saturated heterocycles. The van der Waals surface area contributed by atoms with Gasteiger partial charge in [0.2, 0.25) is 5.91 Å². The molecule has 2 rings (SSSR count). The number of hydrogen-bond donors (Lipinski definition) is 2. The molecule has 0 spiro atoms. The minimum Gasteiger partial charge on any atom is -0.326 e. The van der Waals surface area contributed by atoms with Gasteiger partial charge in [0.1, 0.15) is 5.82 Å². The third kappa shape index (κ3) is 4.31. The van der Waals surface area contributed by atoms with E-state index < -0.39 is 0 Å². The van der Waals surface area contributed by atoms with Gasteiger partial charge in [0.25, 0.3) is 0 Å². The predicted octanol–water partition coefficient (Wildman–Crippen LogP) is 2.93. The van der Waals surface area contributed by atoms with Gasteiger partial charge in [-0.1, -0.05) is 6.07 Å². The Morgan fingerprint density at radius 3 is 2.68 bits per heavy atom. The highest BCUT2D eigenvalue weighted by molar-refractivity contribution is 5.90. The Morgan fingerprint density at radius 1 is 1.32 bits per heavy atom. The fourth-order valence-electron chi connectivity index (χ4n) is 2.70. The van der Waals surface area contributed by atoms with Crippen LogP contribution in [0, 0.1) is 11.7 Å². The summed E-state index contributed by atoms with van der Waals surface area (Å²) in [6.07, 6.45) is 4.97. The lowest BCUT2D eigenvalue weighted by Gasteiger charge is -2.27. The highest BCUT2D eigenvalue weighted by Crippen LogP contribution is 2.27. The van der Waals surface area contributed by atoms with Gasteiger partial charge >= 0.3 is 0 Å². The average Bonchev–Trinajstić information content (AvgIpc) is 2.39. The molecule has 1 aromatic carbocycles. The summed E-state index contributed by atoms with van der Waals surface area (Å²) in [5.41, 5.74) is 0.536. The Balaban J connectivity index is 1.79. The van der Waals surface area contributed by atoms with Gasteiger partial charge in [0.15, 0.2) is 0 Å². The summed E-state index contributed by atoms with van der Waals surface area (Å²) in [6, 6.07) is 6.62. The van der Waals surface area contributed by atoms with Crippen LogP contribution in [-0.2, 0) is 4.79 Å². The zero-order valence-corrected chi connectivity index (χ0v) is 11.3. The second-order valence-corrected chi connectivity index (χ2v) is 5.27. The molecule has 0 bridgehead atoms. The average molecular weight is 264 g/mol. The lowest BCUT2D eigenvalue weighted by Crippen LogP contribution is -2.31. The highest BCUT2D eigenvalue weighted by Gasteiger charge is 2.22. The molecule has 1 aliphatic rings. The first-order valence-electron chi connectivity index (χ1n) is 6.90. The van der Waals surface area contributed by atoms with E-state index in [4.69, 9.17) is 0 Å². The molecule has 19 heavy (non-hydrogen) atoms. The first-order valence-corrected chi connectivity index (χ1v) is 6.90. The van der Waals surface area contributed by atoms with Crippen LogP contribution in [0.3, 0.4) is 0 Å². The SMILES string of the molecule is CNC1CCC(CC(=O)Nc2cccc(F)c2)CC1. The topological polar surface area (TPSA) is 41.1 Å². The summed E-state index contributed by atoms with van der Waals surface area (Å²) in [7, 11) is 1.99. The van der Waals surface area contributed by atoms with Crippen molar-refractivity contribution in [3.63, 3.8) is 0 Å². The van der Waals surface area contributed by atoms with Crippen molar-refractivity contribution in [1.29, 1.82) is 0 Å². The van der Waals surface area contributed by atoms with Crippen molar-refractivity contribution in [1.82, 2.24) is 5.32 Å². The van der Waals surface area contributed by atoms with E-state index >= 15 is 0 Å². The van der Waals surface area contributed by atoms with Crippen LogP contribution in [0.25, 0.3) is 0 Å². The number of rotatable bonds is 4. The summed E-state index contributed by atoms with van der Waals surface area (Å²) < 4.78 is 13.0.